The van der Waals surface area contributed by atoms with Gasteiger partial charge in [-0.2, -0.15) is 4.98 Å². The Morgan fingerprint density at radius 2 is 2.09 bits per heavy atom. The molecule has 1 aromatic carbocycles. The third-order valence-corrected chi connectivity index (χ3v) is 7.33. The van der Waals surface area contributed by atoms with Crippen molar-refractivity contribution < 1.29 is 14.3 Å². The fourth-order valence-corrected chi connectivity index (χ4v) is 5.48. The molecule has 1 aliphatic rings. The molecule has 1 N–H and O–H groups in total. The van der Waals surface area contributed by atoms with Crippen molar-refractivity contribution in [2.24, 2.45) is 5.92 Å². The summed E-state index contributed by atoms with van der Waals surface area (Å²) in [6.07, 6.45) is 3.92. The number of hydrogen-bond donors (Lipinski definition) is 1. The van der Waals surface area contributed by atoms with E-state index in [9.17, 15) is 9.59 Å². The van der Waals surface area contributed by atoms with Crippen LogP contribution in [0.25, 0.3) is 10.3 Å². The van der Waals surface area contributed by atoms with Gasteiger partial charge in [0, 0.05) is 18.8 Å². The molecule has 0 saturated carbocycles. The molecule has 4 rings (SSSR count). The molecule has 1 saturated heterocycles. The number of piperidine rings is 1. The van der Waals surface area contributed by atoms with Crippen molar-refractivity contribution in [1.82, 2.24) is 15.0 Å². The molecule has 2 aromatic heterocycles. The van der Waals surface area contributed by atoms with Gasteiger partial charge in [-0.25, -0.2) is 14.8 Å². The predicted molar refractivity (Wildman–Crippen MR) is 128 cm³/mol. The number of ether oxygens (including phenoxy) is 1. The Balaban J connectivity index is 1.38. The van der Waals surface area contributed by atoms with Crippen molar-refractivity contribution in [2.45, 2.75) is 31.7 Å². The minimum Gasteiger partial charge on any atom is -0.462 e. The lowest BCUT2D eigenvalue weighted by molar-refractivity contribution is -0.113. The average molecular weight is 472 g/mol. The van der Waals surface area contributed by atoms with Crippen LogP contribution in [0.4, 0.5) is 10.8 Å². The number of amides is 1. The molecule has 1 unspecified atom stereocenters. The molecule has 10 heteroatoms. The van der Waals surface area contributed by atoms with Crippen molar-refractivity contribution in [3.8, 4) is 0 Å². The monoisotopic (exact) mass is 471 g/mol. The number of thioether (sulfide) groups is 1. The van der Waals surface area contributed by atoms with E-state index in [2.05, 4.69) is 27.1 Å². The maximum atomic E-state index is 12.4. The van der Waals surface area contributed by atoms with Gasteiger partial charge in [-0.1, -0.05) is 30.0 Å². The molecule has 168 valence electrons. The minimum atomic E-state index is -0.378. The zero-order chi connectivity index (χ0) is 22.5. The van der Waals surface area contributed by atoms with Crippen molar-refractivity contribution >= 4 is 56.1 Å². The zero-order valence-electron chi connectivity index (χ0n) is 18.0. The van der Waals surface area contributed by atoms with Gasteiger partial charge in [-0.15, -0.1) is 0 Å². The number of anilines is 2. The normalized spacial score (nSPS) is 16.2. The summed E-state index contributed by atoms with van der Waals surface area (Å²) in [7, 11) is 0. The Labute approximate surface area is 194 Å². The van der Waals surface area contributed by atoms with Gasteiger partial charge in [0.05, 0.1) is 17.9 Å². The summed E-state index contributed by atoms with van der Waals surface area (Å²) in [4.78, 5) is 39.9. The van der Waals surface area contributed by atoms with Crippen LogP contribution in [0.15, 0.2) is 35.6 Å². The predicted octanol–water partition coefficient (Wildman–Crippen LogP) is 4.23. The number of thiazole rings is 1. The van der Waals surface area contributed by atoms with E-state index in [0.29, 0.717) is 29.4 Å². The van der Waals surface area contributed by atoms with Gasteiger partial charge in [-0.3, -0.25) is 4.79 Å². The average Bonchev–Trinajstić information content (AvgIpc) is 3.23. The Bertz CT molecular complexity index is 1100. The van der Waals surface area contributed by atoms with E-state index in [0.717, 1.165) is 27.9 Å². The molecule has 0 aliphatic carbocycles. The smallest absolute Gasteiger partial charge is 0.338 e. The van der Waals surface area contributed by atoms with Gasteiger partial charge in [0.15, 0.2) is 10.8 Å². The Morgan fingerprint density at radius 3 is 2.84 bits per heavy atom. The van der Waals surface area contributed by atoms with Gasteiger partial charge >= 0.3 is 5.97 Å². The summed E-state index contributed by atoms with van der Waals surface area (Å²) in [6, 6.07) is 6.64. The van der Waals surface area contributed by atoms with Crippen LogP contribution < -0.4 is 10.2 Å². The third kappa shape index (κ3) is 5.36. The number of carbonyl (C=O) groups excluding carboxylic acids is 2. The number of aromatic nitrogens is 3. The first kappa shape index (κ1) is 22.5. The van der Waals surface area contributed by atoms with Crippen molar-refractivity contribution in [3.63, 3.8) is 0 Å². The van der Waals surface area contributed by atoms with Gasteiger partial charge in [0.2, 0.25) is 5.91 Å². The maximum Gasteiger partial charge on any atom is 0.338 e. The number of nitrogens with zero attached hydrogens (tertiary/aromatic N) is 4. The highest BCUT2D eigenvalue weighted by molar-refractivity contribution is 8.00. The number of hydrogen-bond acceptors (Lipinski definition) is 9. The molecule has 32 heavy (non-hydrogen) atoms. The first-order valence-corrected chi connectivity index (χ1v) is 12.4. The topological polar surface area (TPSA) is 97.3 Å². The summed E-state index contributed by atoms with van der Waals surface area (Å²) in [5.74, 6) is 0.335. The molecule has 0 bridgehead atoms. The second-order valence-corrected chi connectivity index (χ2v) is 9.60. The van der Waals surface area contributed by atoms with E-state index in [1.165, 1.54) is 30.9 Å². The summed E-state index contributed by atoms with van der Waals surface area (Å²) in [6.45, 7) is 6.37. The maximum absolute atomic E-state index is 12.4. The van der Waals surface area contributed by atoms with Crippen LogP contribution in [0, 0.1) is 5.92 Å². The van der Waals surface area contributed by atoms with Gasteiger partial charge in [0.25, 0.3) is 0 Å². The number of rotatable bonds is 7. The standard InChI is InChI=1S/C22H25N5O3S2/c1-3-30-21(29)15-6-8-16(9-7-15)25-17(28)12-31-20-18-19(23-13-24-20)26-22(32-18)27-10-4-5-14(2)11-27/h6-9,13-14H,3-5,10-12H2,1-2H3,(H,25,28). The Morgan fingerprint density at radius 1 is 1.28 bits per heavy atom. The summed E-state index contributed by atoms with van der Waals surface area (Å²) in [5.41, 5.74) is 1.75. The molecular formula is C22H25N5O3S2. The van der Waals surface area contributed by atoms with Crippen LogP contribution in [0.2, 0.25) is 0 Å². The van der Waals surface area contributed by atoms with Crippen molar-refractivity contribution in [3.05, 3.63) is 36.2 Å². The summed E-state index contributed by atoms with van der Waals surface area (Å²) in [5, 5.41) is 4.58. The first-order valence-electron chi connectivity index (χ1n) is 10.6. The third-order valence-electron chi connectivity index (χ3n) is 5.09. The molecular weight excluding hydrogens is 446 g/mol. The Hall–Kier alpha value is -2.72. The molecule has 8 nitrogen and oxygen atoms in total. The molecule has 1 atom stereocenters. The van der Waals surface area contributed by atoms with Crippen LogP contribution in [-0.4, -0.2) is 52.3 Å². The second-order valence-electron chi connectivity index (χ2n) is 7.66. The van der Waals surface area contributed by atoms with Crippen LogP contribution in [0.3, 0.4) is 0 Å². The first-order chi connectivity index (χ1) is 15.5. The lowest BCUT2D eigenvalue weighted by atomic mass is 10.0. The highest BCUT2D eigenvalue weighted by Crippen LogP contribution is 2.35. The van der Waals surface area contributed by atoms with E-state index in [-0.39, 0.29) is 17.6 Å². The van der Waals surface area contributed by atoms with E-state index in [4.69, 9.17) is 9.72 Å². The summed E-state index contributed by atoms with van der Waals surface area (Å²) >= 11 is 2.96. The van der Waals surface area contributed by atoms with Gasteiger partial charge in [0.1, 0.15) is 16.1 Å². The fourth-order valence-electron chi connectivity index (χ4n) is 3.56. The van der Waals surface area contributed by atoms with E-state index >= 15 is 0 Å². The Kier molecular flexibility index (Phi) is 7.21. The fraction of sp³-hybridized carbons (Fsp3) is 0.409. The number of nitrogens with one attached hydrogen (secondary N) is 1. The van der Waals surface area contributed by atoms with E-state index < -0.39 is 0 Å². The minimum absolute atomic E-state index is 0.153. The lowest BCUT2D eigenvalue weighted by Crippen LogP contribution is -2.34. The molecule has 0 radical (unpaired) electrons. The molecule has 1 aliphatic heterocycles. The molecule has 1 amide bonds. The van der Waals surface area contributed by atoms with E-state index in [1.54, 1.807) is 42.5 Å². The highest BCUT2D eigenvalue weighted by Gasteiger charge is 2.21. The number of fused-ring (bicyclic) bond motifs is 1. The van der Waals surface area contributed by atoms with Crippen molar-refractivity contribution in [2.75, 3.05) is 35.7 Å². The number of carbonyl (C=O) groups is 2. The van der Waals surface area contributed by atoms with Crippen LogP contribution in [0.5, 0.6) is 0 Å². The quantitative estimate of drug-likeness (QED) is 0.311. The largest absolute Gasteiger partial charge is 0.462 e. The lowest BCUT2D eigenvalue weighted by Gasteiger charge is -2.30. The molecule has 1 fully saturated rings. The molecule has 0 spiro atoms. The van der Waals surface area contributed by atoms with E-state index in [1.807, 2.05) is 0 Å². The number of esters is 1. The van der Waals surface area contributed by atoms with Gasteiger partial charge < -0.3 is 15.0 Å². The van der Waals surface area contributed by atoms with Crippen molar-refractivity contribution in [1.29, 1.82) is 0 Å². The molecule has 3 heterocycles. The van der Waals surface area contributed by atoms with Crippen LogP contribution >= 0.6 is 23.1 Å². The van der Waals surface area contributed by atoms with Crippen LogP contribution in [-0.2, 0) is 9.53 Å². The number of benzene rings is 1. The van der Waals surface area contributed by atoms with Crippen LogP contribution in [0.1, 0.15) is 37.0 Å². The second kappa shape index (κ2) is 10.3. The summed E-state index contributed by atoms with van der Waals surface area (Å²) < 4.78 is 5.88. The van der Waals surface area contributed by atoms with Gasteiger partial charge in [-0.05, 0) is 49.9 Å². The molecule has 3 aromatic rings. The SMILES string of the molecule is CCOC(=O)c1ccc(NC(=O)CSc2ncnc3nc(N4CCCC(C)C4)sc23)cc1. The highest BCUT2D eigenvalue weighted by atomic mass is 32.2. The zero-order valence-corrected chi connectivity index (χ0v) is 19.7.